The molecule has 0 atom stereocenters. The number of aromatic nitrogens is 1. The van der Waals surface area contributed by atoms with Crippen molar-refractivity contribution in [2.24, 2.45) is 0 Å². The van der Waals surface area contributed by atoms with E-state index in [0.717, 1.165) is 10.9 Å². The van der Waals surface area contributed by atoms with Gasteiger partial charge in [0, 0.05) is 11.5 Å². The van der Waals surface area contributed by atoms with E-state index in [1.165, 1.54) is 5.56 Å². The number of aryl methyl sites for hydroxylation is 1. The molecule has 0 unspecified atom stereocenters. The van der Waals surface area contributed by atoms with Crippen LogP contribution in [0.2, 0.25) is 0 Å². The lowest BCUT2D eigenvalue weighted by atomic mass is 10.1. The van der Waals surface area contributed by atoms with Gasteiger partial charge in [-0.25, -0.2) is 4.98 Å². The third-order valence-corrected chi connectivity index (χ3v) is 2.11. The van der Waals surface area contributed by atoms with Crippen molar-refractivity contribution < 1.29 is 4.74 Å². The van der Waals surface area contributed by atoms with E-state index in [4.69, 9.17) is 4.74 Å². The van der Waals surface area contributed by atoms with E-state index in [-0.39, 0.29) is 0 Å². The predicted octanol–water partition coefficient (Wildman–Crippen LogP) is 3.58. The molecule has 0 spiro atoms. The van der Waals surface area contributed by atoms with Crippen molar-refractivity contribution in [3.05, 3.63) is 35.9 Å². The lowest BCUT2D eigenvalue weighted by molar-refractivity contribution is 0.399. The topological polar surface area (TPSA) is 22.1 Å². The molecule has 80 valence electrons. The minimum absolute atomic E-state index is 0.668. The molecule has 0 amide bonds. The summed E-state index contributed by atoms with van der Waals surface area (Å²) in [6.07, 6.45) is 0. The van der Waals surface area contributed by atoms with Gasteiger partial charge in [-0.1, -0.05) is 32.0 Å². The van der Waals surface area contributed by atoms with Crippen molar-refractivity contribution in [2.75, 3.05) is 7.11 Å². The van der Waals surface area contributed by atoms with Crippen LogP contribution < -0.4 is 4.74 Å². The summed E-state index contributed by atoms with van der Waals surface area (Å²) in [5.41, 5.74) is 2.19. The largest absolute Gasteiger partial charge is 0.481 e. The lowest BCUT2D eigenvalue weighted by Gasteiger charge is -2.03. The van der Waals surface area contributed by atoms with Gasteiger partial charge >= 0.3 is 0 Å². The number of pyridine rings is 1. The van der Waals surface area contributed by atoms with Crippen molar-refractivity contribution in [2.45, 2.75) is 20.8 Å². The van der Waals surface area contributed by atoms with Gasteiger partial charge in [-0.3, -0.25) is 0 Å². The molecular formula is C13H17NO. The van der Waals surface area contributed by atoms with E-state index >= 15 is 0 Å². The standard InChI is InChI=1S/C11H11NO.C2H6/c1-8-4-3-5-9-6-7-10(13-2)12-11(8)9;1-2/h3-7H,1-2H3;1-2H3. The molecule has 2 aromatic rings. The highest BCUT2D eigenvalue weighted by molar-refractivity contribution is 5.82. The lowest BCUT2D eigenvalue weighted by Crippen LogP contribution is -1.89. The molecule has 2 nitrogen and oxygen atoms in total. The summed E-state index contributed by atoms with van der Waals surface area (Å²) in [4.78, 5) is 4.37. The number of benzene rings is 1. The van der Waals surface area contributed by atoms with Gasteiger partial charge in [0.25, 0.3) is 0 Å². The second-order valence-electron chi connectivity index (χ2n) is 3.00. The predicted molar refractivity (Wildman–Crippen MR) is 64.4 cm³/mol. The SMILES string of the molecule is CC.COc1ccc2cccc(C)c2n1. The maximum absolute atomic E-state index is 5.07. The maximum Gasteiger partial charge on any atom is 0.213 e. The van der Waals surface area contributed by atoms with Crippen LogP contribution in [0.3, 0.4) is 0 Å². The van der Waals surface area contributed by atoms with Crippen LogP contribution in [0, 0.1) is 6.92 Å². The monoisotopic (exact) mass is 203 g/mol. The third-order valence-electron chi connectivity index (χ3n) is 2.11. The van der Waals surface area contributed by atoms with E-state index in [1.54, 1.807) is 7.11 Å². The van der Waals surface area contributed by atoms with E-state index in [9.17, 15) is 0 Å². The Labute approximate surface area is 90.9 Å². The van der Waals surface area contributed by atoms with Gasteiger partial charge in [-0.05, 0) is 18.6 Å². The van der Waals surface area contributed by atoms with Gasteiger partial charge in [-0.15, -0.1) is 0 Å². The van der Waals surface area contributed by atoms with Crippen molar-refractivity contribution in [1.29, 1.82) is 0 Å². The second-order valence-corrected chi connectivity index (χ2v) is 3.00. The summed E-state index contributed by atoms with van der Waals surface area (Å²) in [6, 6.07) is 10.0. The van der Waals surface area contributed by atoms with Crippen molar-refractivity contribution in [1.82, 2.24) is 4.98 Å². The Hall–Kier alpha value is -1.57. The summed E-state index contributed by atoms with van der Waals surface area (Å²) in [5.74, 6) is 0.668. The molecule has 0 aliphatic heterocycles. The zero-order valence-corrected chi connectivity index (χ0v) is 9.74. The van der Waals surface area contributed by atoms with Gasteiger partial charge in [0.15, 0.2) is 0 Å². The molecule has 0 saturated heterocycles. The molecule has 0 bridgehead atoms. The molecule has 0 aliphatic rings. The molecule has 1 aromatic carbocycles. The van der Waals surface area contributed by atoms with Gasteiger partial charge in [0.2, 0.25) is 5.88 Å². The minimum atomic E-state index is 0.668. The maximum atomic E-state index is 5.07. The smallest absolute Gasteiger partial charge is 0.213 e. The first-order valence-electron chi connectivity index (χ1n) is 5.21. The van der Waals surface area contributed by atoms with Gasteiger partial charge in [0.05, 0.1) is 12.6 Å². The molecule has 0 fully saturated rings. The molecule has 1 aromatic heterocycles. The Kier molecular flexibility index (Phi) is 4.10. The summed E-state index contributed by atoms with van der Waals surface area (Å²) in [5, 5.41) is 1.15. The molecule has 2 heteroatoms. The summed E-state index contributed by atoms with van der Waals surface area (Å²) in [6.45, 7) is 6.05. The van der Waals surface area contributed by atoms with Gasteiger partial charge in [-0.2, -0.15) is 0 Å². The van der Waals surface area contributed by atoms with E-state index in [1.807, 2.05) is 32.0 Å². The number of hydrogen-bond donors (Lipinski definition) is 0. The average molecular weight is 203 g/mol. The number of hydrogen-bond acceptors (Lipinski definition) is 2. The Bertz CT molecular complexity index is 437. The van der Waals surface area contributed by atoms with Crippen LogP contribution in [0.5, 0.6) is 5.88 Å². The number of ether oxygens (including phenoxy) is 1. The first kappa shape index (κ1) is 11.5. The number of fused-ring (bicyclic) bond motifs is 1. The molecular weight excluding hydrogens is 186 g/mol. The fraction of sp³-hybridized carbons (Fsp3) is 0.308. The second kappa shape index (κ2) is 5.35. The summed E-state index contributed by atoms with van der Waals surface area (Å²) >= 11 is 0. The first-order valence-corrected chi connectivity index (χ1v) is 5.21. The van der Waals surface area contributed by atoms with Crippen LogP contribution in [-0.4, -0.2) is 12.1 Å². The fourth-order valence-electron chi connectivity index (χ4n) is 1.39. The Morgan fingerprint density at radius 3 is 2.47 bits per heavy atom. The van der Waals surface area contributed by atoms with Crippen LogP contribution in [0.25, 0.3) is 10.9 Å². The van der Waals surface area contributed by atoms with Crippen molar-refractivity contribution in [3.8, 4) is 5.88 Å². The van der Waals surface area contributed by atoms with E-state index < -0.39 is 0 Å². The molecule has 0 saturated carbocycles. The Morgan fingerprint density at radius 1 is 1.07 bits per heavy atom. The normalized spacial score (nSPS) is 9.33. The quantitative estimate of drug-likeness (QED) is 0.706. The molecule has 1 heterocycles. The van der Waals surface area contributed by atoms with Crippen LogP contribution >= 0.6 is 0 Å². The highest BCUT2D eigenvalue weighted by Crippen LogP contribution is 2.18. The third kappa shape index (κ3) is 2.46. The minimum Gasteiger partial charge on any atom is -0.481 e. The van der Waals surface area contributed by atoms with Crippen molar-refractivity contribution in [3.63, 3.8) is 0 Å². The van der Waals surface area contributed by atoms with E-state index in [0.29, 0.717) is 5.88 Å². The Balaban J connectivity index is 0.000000531. The highest BCUT2D eigenvalue weighted by atomic mass is 16.5. The van der Waals surface area contributed by atoms with Crippen LogP contribution in [0.1, 0.15) is 19.4 Å². The zero-order valence-electron chi connectivity index (χ0n) is 9.74. The molecule has 2 rings (SSSR count). The van der Waals surface area contributed by atoms with Gasteiger partial charge in [0.1, 0.15) is 0 Å². The van der Waals surface area contributed by atoms with Crippen LogP contribution in [-0.2, 0) is 0 Å². The zero-order chi connectivity index (χ0) is 11.3. The summed E-state index contributed by atoms with van der Waals surface area (Å²) < 4.78 is 5.07. The summed E-state index contributed by atoms with van der Waals surface area (Å²) in [7, 11) is 1.63. The molecule has 0 radical (unpaired) electrons. The van der Waals surface area contributed by atoms with Crippen molar-refractivity contribution >= 4 is 10.9 Å². The van der Waals surface area contributed by atoms with E-state index in [2.05, 4.69) is 24.0 Å². The Morgan fingerprint density at radius 2 is 1.80 bits per heavy atom. The highest BCUT2D eigenvalue weighted by Gasteiger charge is 1.99. The first-order chi connectivity index (χ1) is 7.31. The molecule has 15 heavy (non-hydrogen) atoms. The number of para-hydroxylation sites is 1. The van der Waals surface area contributed by atoms with Crippen LogP contribution in [0.4, 0.5) is 0 Å². The fourth-order valence-corrected chi connectivity index (χ4v) is 1.39. The van der Waals surface area contributed by atoms with Gasteiger partial charge < -0.3 is 4.74 Å². The molecule has 0 aliphatic carbocycles. The number of rotatable bonds is 1. The number of methoxy groups -OCH3 is 1. The van der Waals surface area contributed by atoms with Crippen LogP contribution in [0.15, 0.2) is 30.3 Å². The number of nitrogens with zero attached hydrogens (tertiary/aromatic N) is 1. The molecule has 0 N–H and O–H groups in total. The average Bonchev–Trinajstić information content (AvgIpc) is 2.32.